The van der Waals surface area contributed by atoms with Gasteiger partial charge >= 0.3 is 12.4 Å². The lowest BCUT2D eigenvalue weighted by Crippen LogP contribution is -2.53. The molecule has 2 atom stereocenters. The van der Waals surface area contributed by atoms with Crippen molar-refractivity contribution in [3.63, 3.8) is 0 Å². The number of rotatable bonds is 7. The number of halogens is 8. The second kappa shape index (κ2) is 10.6. The zero-order valence-electron chi connectivity index (χ0n) is 23.3. The smallest absolute Gasteiger partial charge is 0.336 e. The molecule has 0 radical (unpaired) electrons. The van der Waals surface area contributed by atoms with Crippen LogP contribution in [-0.4, -0.2) is 84.0 Å². The summed E-state index contributed by atoms with van der Waals surface area (Å²) in [5.41, 5.74) is -6.91. The Labute approximate surface area is 242 Å². The summed E-state index contributed by atoms with van der Waals surface area (Å²) < 4.78 is 116. The number of likely N-dealkylation sites (N-methyl/N-ethyl adjacent to an activating group) is 1. The van der Waals surface area contributed by atoms with Gasteiger partial charge in [-0.3, -0.25) is 14.5 Å². The van der Waals surface area contributed by atoms with Crippen LogP contribution in [0.2, 0.25) is 0 Å². The molecule has 236 valence electrons. The van der Waals surface area contributed by atoms with Gasteiger partial charge in [0.1, 0.15) is 17.0 Å². The summed E-state index contributed by atoms with van der Waals surface area (Å²) in [6, 6.07) is 2.56. The van der Waals surface area contributed by atoms with Gasteiger partial charge in [0.2, 0.25) is 11.8 Å². The molecule has 4 fully saturated rings. The van der Waals surface area contributed by atoms with Gasteiger partial charge < -0.3 is 15.1 Å². The third-order valence-corrected chi connectivity index (χ3v) is 9.16. The maximum Gasteiger partial charge on any atom is 0.416 e. The summed E-state index contributed by atoms with van der Waals surface area (Å²) >= 11 is 0. The van der Waals surface area contributed by atoms with Crippen LogP contribution >= 0.6 is 0 Å². The maximum atomic E-state index is 16.1. The van der Waals surface area contributed by atoms with Crippen LogP contribution in [0.1, 0.15) is 48.8 Å². The number of nitriles is 1. The number of benzene rings is 1. The van der Waals surface area contributed by atoms with E-state index in [1.165, 1.54) is 6.07 Å². The van der Waals surface area contributed by atoms with Crippen molar-refractivity contribution in [1.29, 1.82) is 5.26 Å². The zero-order valence-corrected chi connectivity index (χ0v) is 23.3. The molecule has 5 rings (SSSR count). The monoisotopic (exact) mass is 621 g/mol. The molecule has 2 aliphatic carbocycles. The zero-order chi connectivity index (χ0) is 31.6. The number of carbonyl (C=O) groups is 2. The lowest BCUT2D eigenvalue weighted by atomic mass is 9.88. The SMILES string of the molecule is CN1CCN(Cc2ccc(C(F)(F)C3C[C@@H](C(=O)NC4(C#N)CC4)N(C(=O)C4(C(F)(F)F)CC4)C3)c(C(F)(F)F)c2)CC1. The van der Waals surface area contributed by atoms with Gasteiger partial charge in [-0.2, -0.15) is 31.6 Å². The summed E-state index contributed by atoms with van der Waals surface area (Å²) in [5.74, 6) is -8.98. The number of likely N-dealkylation sites (tertiary alicyclic amines) is 1. The van der Waals surface area contributed by atoms with Gasteiger partial charge in [0.15, 0.2) is 0 Å². The summed E-state index contributed by atoms with van der Waals surface area (Å²) in [6.07, 6.45) is -11.8. The Morgan fingerprint density at radius 1 is 0.977 bits per heavy atom. The number of hydrogen-bond acceptors (Lipinski definition) is 5. The molecule has 2 heterocycles. The minimum absolute atomic E-state index is 0.108. The molecule has 0 spiro atoms. The van der Waals surface area contributed by atoms with E-state index in [-0.39, 0.29) is 24.9 Å². The fourth-order valence-electron chi connectivity index (χ4n) is 6.00. The Morgan fingerprint density at radius 2 is 1.60 bits per heavy atom. The molecule has 43 heavy (non-hydrogen) atoms. The normalized spacial score (nSPS) is 25.7. The molecule has 2 saturated carbocycles. The highest BCUT2D eigenvalue weighted by molar-refractivity contribution is 5.93. The van der Waals surface area contributed by atoms with Gasteiger partial charge in [-0.15, -0.1) is 0 Å². The van der Waals surface area contributed by atoms with E-state index in [0.29, 0.717) is 43.2 Å². The molecular formula is C28H31F8N5O2. The molecule has 7 nitrogen and oxygen atoms in total. The van der Waals surface area contributed by atoms with E-state index in [4.69, 9.17) is 0 Å². The highest BCUT2D eigenvalue weighted by Crippen LogP contribution is 2.60. The first-order chi connectivity index (χ1) is 19.9. The fraction of sp³-hybridized carbons (Fsp3) is 0.679. The molecule has 1 aromatic rings. The molecule has 1 N–H and O–H groups in total. The third-order valence-electron chi connectivity index (χ3n) is 9.16. The number of piperazine rings is 1. The van der Waals surface area contributed by atoms with Gasteiger partial charge in [0.25, 0.3) is 5.92 Å². The molecule has 1 unspecified atom stereocenters. The molecule has 0 bridgehead atoms. The molecule has 4 aliphatic rings. The number of alkyl halides is 8. The van der Waals surface area contributed by atoms with Crippen molar-refractivity contribution in [2.75, 3.05) is 39.8 Å². The van der Waals surface area contributed by atoms with E-state index in [0.717, 1.165) is 0 Å². The van der Waals surface area contributed by atoms with E-state index in [1.807, 2.05) is 18.0 Å². The van der Waals surface area contributed by atoms with E-state index < -0.39 is 89.9 Å². The first-order valence-electron chi connectivity index (χ1n) is 14.0. The van der Waals surface area contributed by atoms with Crippen molar-refractivity contribution in [3.05, 3.63) is 34.9 Å². The van der Waals surface area contributed by atoms with E-state index >= 15 is 8.78 Å². The second-order valence-electron chi connectivity index (χ2n) is 12.2. The molecule has 2 aliphatic heterocycles. The highest BCUT2D eigenvalue weighted by Gasteiger charge is 2.71. The first kappa shape index (κ1) is 31.4. The maximum absolute atomic E-state index is 16.1. The van der Waals surface area contributed by atoms with E-state index in [1.54, 1.807) is 0 Å². The second-order valence-corrected chi connectivity index (χ2v) is 12.2. The van der Waals surface area contributed by atoms with Gasteiger partial charge in [-0.05, 0) is 50.8 Å². The molecule has 0 aromatic heterocycles. The van der Waals surface area contributed by atoms with Crippen LogP contribution in [0.5, 0.6) is 0 Å². The van der Waals surface area contributed by atoms with Crippen molar-refractivity contribution in [2.45, 2.75) is 68.5 Å². The van der Waals surface area contributed by atoms with Crippen molar-refractivity contribution >= 4 is 11.8 Å². The fourth-order valence-corrected chi connectivity index (χ4v) is 6.00. The topological polar surface area (TPSA) is 79.7 Å². The van der Waals surface area contributed by atoms with Crippen LogP contribution < -0.4 is 5.32 Å². The quantitative estimate of drug-likeness (QED) is 0.461. The lowest BCUT2D eigenvalue weighted by molar-refractivity contribution is -0.199. The van der Waals surface area contributed by atoms with Crippen molar-refractivity contribution in [2.24, 2.45) is 11.3 Å². The molecule has 1 aromatic carbocycles. The number of carbonyl (C=O) groups excluding carboxylic acids is 2. The Bertz CT molecular complexity index is 1310. The van der Waals surface area contributed by atoms with Gasteiger partial charge in [0, 0.05) is 50.7 Å². The standard InChI is InChI=1S/C28H31F8N5O2/c1-39-8-10-40(11-9-39)14-17-2-3-19(20(12-17)27(31,32)33)26(29,30)18-13-21(22(42)38-24(16-37)4-5-24)41(15-18)23(43)25(6-7-25)28(34,35)36/h2-3,12,18,21H,4-11,13-15H2,1H3,(H,38,42)/t18?,21-/m0/s1. The van der Waals surface area contributed by atoms with Crippen LogP contribution in [0.3, 0.4) is 0 Å². The number of nitrogens with zero attached hydrogens (tertiary/aromatic N) is 4. The van der Waals surface area contributed by atoms with E-state index in [2.05, 4.69) is 10.2 Å². The van der Waals surface area contributed by atoms with Gasteiger partial charge in [-0.1, -0.05) is 12.1 Å². The van der Waals surface area contributed by atoms with Crippen LogP contribution in [0.4, 0.5) is 35.1 Å². The Kier molecular flexibility index (Phi) is 7.73. The van der Waals surface area contributed by atoms with Crippen molar-refractivity contribution in [3.8, 4) is 6.07 Å². The third kappa shape index (κ3) is 5.92. The predicted octanol–water partition coefficient (Wildman–Crippen LogP) is 4.28. The average molecular weight is 622 g/mol. The summed E-state index contributed by atoms with van der Waals surface area (Å²) in [4.78, 5) is 30.6. The molecule has 2 amide bonds. The highest BCUT2D eigenvalue weighted by atomic mass is 19.4. The Morgan fingerprint density at radius 3 is 2.12 bits per heavy atom. The Hall–Kier alpha value is -2.99. The minimum atomic E-state index is -5.18. The Balaban J connectivity index is 1.44. The lowest BCUT2D eigenvalue weighted by Gasteiger charge is -2.33. The van der Waals surface area contributed by atoms with Gasteiger partial charge in [0.05, 0.1) is 11.6 Å². The minimum Gasteiger partial charge on any atom is -0.336 e. The largest absolute Gasteiger partial charge is 0.416 e. The van der Waals surface area contributed by atoms with Crippen molar-refractivity contribution < 1.29 is 44.7 Å². The summed E-state index contributed by atoms with van der Waals surface area (Å²) in [7, 11) is 1.91. The van der Waals surface area contributed by atoms with Crippen LogP contribution in [0, 0.1) is 22.7 Å². The number of nitrogens with one attached hydrogen (secondary N) is 1. The van der Waals surface area contributed by atoms with Gasteiger partial charge in [-0.25, -0.2) is 8.78 Å². The summed E-state index contributed by atoms with van der Waals surface area (Å²) in [5, 5.41) is 11.7. The first-order valence-corrected chi connectivity index (χ1v) is 14.0. The van der Waals surface area contributed by atoms with Crippen LogP contribution in [-0.2, 0) is 28.2 Å². The molecular weight excluding hydrogens is 590 g/mol. The van der Waals surface area contributed by atoms with Crippen LogP contribution in [0.25, 0.3) is 0 Å². The average Bonchev–Trinajstić information content (AvgIpc) is 3.85. The number of amides is 2. The van der Waals surface area contributed by atoms with E-state index in [9.17, 15) is 41.2 Å². The van der Waals surface area contributed by atoms with Crippen LogP contribution in [0.15, 0.2) is 18.2 Å². The van der Waals surface area contributed by atoms with Crippen molar-refractivity contribution in [1.82, 2.24) is 20.0 Å². The summed E-state index contributed by atoms with van der Waals surface area (Å²) in [6.45, 7) is 1.60. The molecule has 2 saturated heterocycles. The number of hydrogen-bond donors (Lipinski definition) is 1. The molecule has 15 heteroatoms. The predicted molar refractivity (Wildman–Crippen MR) is 135 cm³/mol.